The fraction of sp³-hybridized carbons (Fsp3) is 0.200. The summed E-state index contributed by atoms with van der Waals surface area (Å²) in [5.41, 5.74) is 10.5. The molecule has 0 aliphatic rings. The zero-order valence-corrected chi connectivity index (χ0v) is 11.6. The van der Waals surface area contributed by atoms with Crippen molar-refractivity contribution < 1.29 is 0 Å². The molecule has 102 valence electrons. The second-order valence-electron chi connectivity index (χ2n) is 4.75. The minimum absolute atomic E-state index is 0.634. The van der Waals surface area contributed by atoms with E-state index >= 15 is 0 Å². The van der Waals surface area contributed by atoms with Crippen molar-refractivity contribution >= 4 is 28.0 Å². The third kappa shape index (κ3) is 2.07. The summed E-state index contributed by atoms with van der Waals surface area (Å²) in [4.78, 5) is 4.34. The molecule has 20 heavy (non-hydrogen) atoms. The van der Waals surface area contributed by atoms with Crippen molar-refractivity contribution in [2.75, 3.05) is 11.1 Å². The lowest BCUT2D eigenvalue weighted by molar-refractivity contribution is 0.746. The second kappa shape index (κ2) is 4.85. The average molecular weight is 267 g/mol. The SMILES string of the molecule is CCc1nn(C)cc1Nc1c(N)cnc2ccccc12. The largest absolute Gasteiger partial charge is 0.396 e. The number of aryl methyl sites for hydroxylation is 2. The Bertz CT molecular complexity index is 760. The zero-order chi connectivity index (χ0) is 14.1. The second-order valence-corrected chi connectivity index (χ2v) is 4.75. The van der Waals surface area contributed by atoms with E-state index in [2.05, 4.69) is 22.3 Å². The first-order valence-electron chi connectivity index (χ1n) is 6.61. The minimum Gasteiger partial charge on any atom is -0.396 e. The van der Waals surface area contributed by atoms with E-state index in [1.807, 2.05) is 37.5 Å². The highest BCUT2D eigenvalue weighted by Crippen LogP contribution is 2.31. The molecule has 0 aliphatic heterocycles. The van der Waals surface area contributed by atoms with E-state index in [0.29, 0.717) is 5.69 Å². The molecule has 0 atom stereocenters. The summed E-state index contributed by atoms with van der Waals surface area (Å²) in [6.07, 6.45) is 4.52. The van der Waals surface area contributed by atoms with Gasteiger partial charge in [-0.25, -0.2) is 0 Å². The molecule has 2 heterocycles. The van der Waals surface area contributed by atoms with Crippen LogP contribution in [0.1, 0.15) is 12.6 Å². The number of benzene rings is 1. The van der Waals surface area contributed by atoms with Gasteiger partial charge in [-0.3, -0.25) is 9.67 Å². The maximum absolute atomic E-state index is 6.08. The van der Waals surface area contributed by atoms with Crippen LogP contribution in [0.4, 0.5) is 17.1 Å². The Kier molecular flexibility index (Phi) is 3.02. The molecule has 3 aromatic rings. The van der Waals surface area contributed by atoms with Crippen LogP contribution in [-0.2, 0) is 13.5 Å². The van der Waals surface area contributed by atoms with E-state index < -0.39 is 0 Å². The molecule has 1 aromatic carbocycles. The molecule has 0 aliphatic carbocycles. The maximum atomic E-state index is 6.08. The molecule has 0 saturated heterocycles. The van der Waals surface area contributed by atoms with Gasteiger partial charge in [0, 0.05) is 18.6 Å². The van der Waals surface area contributed by atoms with Crippen molar-refractivity contribution in [3.05, 3.63) is 42.4 Å². The quantitative estimate of drug-likeness (QED) is 0.765. The summed E-state index contributed by atoms with van der Waals surface area (Å²) in [5.74, 6) is 0. The van der Waals surface area contributed by atoms with Gasteiger partial charge in [-0.2, -0.15) is 5.10 Å². The number of hydrogen-bond donors (Lipinski definition) is 2. The lowest BCUT2D eigenvalue weighted by Gasteiger charge is -2.11. The summed E-state index contributed by atoms with van der Waals surface area (Å²) in [6.45, 7) is 2.08. The minimum atomic E-state index is 0.634. The first kappa shape index (κ1) is 12.5. The standard InChI is InChI=1S/C15H17N5/c1-3-12-14(9-20(2)19-12)18-15-10-6-4-5-7-13(10)17-8-11(15)16/h4-9H,3,16H2,1-2H3,(H,17,18). The molecular weight excluding hydrogens is 250 g/mol. The number of fused-ring (bicyclic) bond motifs is 1. The number of nitrogen functional groups attached to an aromatic ring is 1. The van der Waals surface area contributed by atoms with Gasteiger partial charge in [0.05, 0.1) is 34.5 Å². The smallest absolute Gasteiger partial charge is 0.0856 e. The summed E-state index contributed by atoms with van der Waals surface area (Å²) < 4.78 is 1.81. The van der Waals surface area contributed by atoms with Gasteiger partial charge in [0.1, 0.15) is 0 Å². The van der Waals surface area contributed by atoms with Crippen molar-refractivity contribution in [3.63, 3.8) is 0 Å². The van der Waals surface area contributed by atoms with E-state index in [1.54, 1.807) is 10.9 Å². The number of anilines is 3. The number of para-hydroxylation sites is 1. The number of nitrogens with two attached hydrogens (primary N) is 1. The van der Waals surface area contributed by atoms with Gasteiger partial charge < -0.3 is 11.1 Å². The molecule has 0 fully saturated rings. The Labute approximate surface area is 117 Å². The van der Waals surface area contributed by atoms with Gasteiger partial charge in [0.2, 0.25) is 0 Å². The van der Waals surface area contributed by atoms with E-state index in [1.165, 1.54) is 0 Å². The predicted molar refractivity (Wildman–Crippen MR) is 82.0 cm³/mol. The number of nitrogens with zero attached hydrogens (tertiary/aromatic N) is 3. The van der Waals surface area contributed by atoms with Crippen molar-refractivity contribution in [1.82, 2.24) is 14.8 Å². The highest BCUT2D eigenvalue weighted by molar-refractivity contribution is 5.98. The van der Waals surface area contributed by atoms with Gasteiger partial charge in [0.15, 0.2) is 0 Å². The van der Waals surface area contributed by atoms with Gasteiger partial charge in [-0.15, -0.1) is 0 Å². The molecule has 2 aromatic heterocycles. The van der Waals surface area contributed by atoms with E-state index in [9.17, 15) is 0 Å². The zero-order valence-electron chi connectivity index (χ0n) is 11.6. The number of nitrogens with one attached hydrogen (secondary N) is 1. The van der Waals surface area contributed by atoms with Crippen LogP contribution < -0.4 is 11.1 Å². The normalized spacial score (nSPS) is 10.9. The van der Waals surface area contributed by atoms with Gasteiger partial charge in [-0.1, -0.05) is 25.1 Å². The predicted octanol–water partition coefficient (Wildman–Crippen LogP) is 2.86. The summed E-state index contributed by atoms with van der Waals surface area (Å²) >= 11 is 0. The Morgan fingerprint density at radius 1 is 1.30 bits per heavy atom. The lowest BCUT2D eigenvalue weighted by Crippen LogP contribution is -1.99. The first-order valence-corrected chi connectivity index (χ1v) is 6.61. The lowest BCUT2D eigenvalue weighted by atomic mass is 10.1. The highest BCUT2D eigenvalue weighted by Gasteiger charge is 2.11. The van der Waals surface area contributed by atoms with Gasteiger partial charge in [0.25, 0.3) is 0 Å². The number of aromatic nitrogens is 3. The van der Waals surface area contributed by atoms with Crippen molar-refractivity contribution in [3.8, 4) is 0 Å². The van der Waals surface area contributed by atoms with Crippen molar-refractivity contribution in [2.24, 2.45) is 7.05 Å². The van der Waals surface area contributed by atoms with Crippen LogP contribution in [0.3, 0.4) is 0 Å². The third-order valence-corrected chi connectivity index (χ3v) is 3.30. The Morgan fingerprint density at radius 3 is 2.90 bits per heavy atom. The Hall–Kier alpha value is -2.56. The molecule has 3 rings (SSSR count). The molecule has 0 spiro atoms. The summed E-state index contributed by atoms with van der Waals surface area (Å²) in [6, 6.07) is 7.95. The van der Waals surface area contributed by atoms with Crippen molar-refractivity contribution in [2.45, 2.75) is 13.3 Å². The van der Waals surface area contributed by atoms with Crippen LogP contribution in [-0.4, -0.2) is 14.8 Å². The van der Waals surface area contributed by atoms with E-state index in [0.717, 1.165) is 34.4 Å². The van der Waals surface area contributed by atoms with E-state index in [4.69, 9.17) is 5.73 Å². The van der Waals surface area contributed by atoms with Crippen LogP contribution in [0.25, 0.3) is 10.9 Å². The molecule has 0 bridgehead atoms. The van der Waals surface area contributed by atoms with Crippen LogP contribution in [0.2, 0.25) is 0 Å². The number of rotatable bonds is 3. The fourth-order valence-electron chi connectivity index (χ4n) is 2.33. The summed E-state index contributed by atoms with van der Waals surface area (Å²) in [5, 5.41) is 8.85. The number of pyridine rings is 1. The number of hydrogen-bond acceptors (Lipinski definition) is 4. The molecule has 5 heteroatoms. The molecule has 0 saturated carbocycles. The monoisotopic (exact) mass is 267 g/mol. The first-order chi connectivity index (χ1) is 9.69. The third-order valence-electron chi connectivity index (χ3n) is 3.30. The molecule has 3 N–H and O–H groups in total. The molecule has 0 radical (unpaired) electrons. The molecular formula is C15H17N5. The van der Waals surface area contributed by atoms with E-state index in [-0.39, 0.29) is 0 Å². The van der Waals surface area contributed by atoms with Crippen molar-refractivity contribution in [1.29, 1.82) is 0 Å². The molecule has 0 unspecified atom stereocenters. The Morgan fingerprint density at radius 2 is 2.10 bits per heavy atom. The van der Waals surface area contributed by atoms with Crippen LogP contribution in [0.15, 0.2) is 36.7 Å². The van der Waals surface area contributed by atoms with Crippen LogP contribution in [0.5, 0.6) is 0 Å². The highest BCUT2D eigenvalue weighted by atomic mass is 15.3. The Balaban J connectivity index is 2.12. The van der Waals surface area contributed by atoms with Gasteiger partial charge in [-0.05, 0) is 12.5 Å². The van der Waals surface area contributed by atoms with Crippen LogP contribution in [0, 0.1) is 0 Å². The average Bonchev–Trinajstić information content (AvgIpc) is 2.82. The molecule has 0 amide bonds. The maximum Gasteiger partial charge on any atom is 0.0856 e. The topological polar surface area (TPSA) is 68.8 Å². The fourth-order valence-corrected chi connectivity index (χ4v) is 2.33. The summed E-state index contributed by atoms with van der Waals surface area (Å²) in [7, 11) is 1.92. The molecule has 5 nitrogen and oxygen atoms in total. The van der Waals surface area contributed by atoms with Crippen LogP contribution >= 0.6 is 0 Å². The van der Waals surface area contributed by atoms with Gasteiger partial charge >= 0.3 is 0 Å².